The van der Waals surface area contributed by atoms with Crippen LogP contribution in [-0.4, -0.2) is 20.1 Å². The first-order valence-corrected chi connectivity index (χ1v) is 9.39. The molecule has 0 saturated heterocycles. The molecule has 0 spiro atoms. The zero-order valence-corrected chi connectivity index (χ0v) is 16.5. The van der Waals surface area contributed by atoms with E-state index >= 15 is 0 Å². The number of ether oxygens (including phenoxy) is 2. The summed E-state index contributed by atoms with van der Waals surface area (Å²) in [6, 6.07) is 13.6. The summed E-state index contributed by atoms with van der Waals surface area (Å²) in [5.41, 5.74) is 0.493. The van der Waals surface area contributed by atoms with Crippen LogP contribution in [0.15, 0.2) is 54.6 Å². The Balaban J connectivity index is 1.72. The summed E-state index contributed by atoms with van der Waals surface area (Å²) in [7, 11) is 3.08. The van der Waals surface area contributed by atoms with Crippen molar-refractivity contribution < 1.29 is 27.4 Å². The zero-order chi connectivity index (χ0) is 21.0. The SMILES string of the molecule is COc1cc(CNC(=O)c2ccc(-c3cccc(C(F)(F)F)c3)s2)cc(OC)c1. The van der Waals surface area contributed by atoms with E-state index in [0.717, 1.165) is 29.0 Å². The van der Waals surface area contributed by atoms with Crippen molar-refractivity contribution in [1.82, 2.24) is 5.32 Å². The fourth-order valence-electron chi connectivity index (χ4n) is 2.70. The van der Waals surface area contributed by atoms with Crippen LogP contribution >= 0.6 is 11.3 Å². The van der Waals surface area contributed by atoms with E-state index in [1.54, 1.807) is 36.4 Å². The monoisotopic (exact) mass is 421 g/mol. The number of benzene rings is 2. The summed E-state index contributed by atoms with van der Waals surface area (Å²) in [6.45, 7) is 0.253. The van der Waals surface area contributed by atoms with Gasteiger partial charge in [0.15, 0.2) is 0 Å². The van der Waals surface area contributed by atoms with Gasteiger partial charge in [0.2, 0.25) is 0 Å². The van der Waals surface area contributed by atoms with Crippen molar-refractivity contribution in [2.45, 2.75) is 12.7 Å². The molecule has 0 saturated carbocycles. The second-order valence-electron chi connectivity index (χ2n) is 6.15. The highest BCUT2D eigenvalue weighted by molar-refractivity contribution is 7.17. The molecule has 0 fully saturated rings. The maximum absolute atomic E-state index is 12.9. The number of hydrogen-bond acceptors (Lipinski definition) is 4. The van der Waals surface area contributed by atoms with E-state index in [2.05, 4.69) is 5.32 Å². The Kier molecular flexibility index (Phi) is 6.12. The molecule has 0 aliphatic heterocycles. The molecule has 3 rings (SSSR count). The molecule has 0 bridgehead atoms. The topological polar surface area (TPSA) is 47.6 Å². The van der Waals surface area contributed by atoms with E-state index in [-0.39, 0.29) is 12.5 Å². The molecule has 1 heterocycles. The van der Waals surface area contributed by atoms with Crippen LogP contribution in [0.2, 0.25) is 0 Å². The Morgan fingerprint density at radius 3 is 2.31 bits per heavy atom. The summed E-state index contributed by atoms with van der Waals surface area (Å²) < 4.78 is 49.1. The third kappa shape index (κ3) is 5.08. The number of carbonyl (C=O) groups is 1. The Labute approximate surface area is 169 Å². The summed E-state index contributed by atoms with van der Waals surface area (Å²) in [4.78, 5) is 13.5. The molecule has 0 unspecified atom stereocenters. The van der Waals surface area contributed by atoms with E-state index in [1.807, 2.05) is 0 Å². The number of amides is 1. The van der Waals surface area contributed by atoms with Gasteiger partial charge in [-0.2, -0.15) is 13.2 Å². The van der Waals surface area contributed by atoms with Crippen LogP contribution in [0.3, 0.4) is 0 Å². The Hall–Kier alpha value is -3.00. The Morgan fingerprint density at radius 1 is 1.00 bits per heavy atom. The van der Waals surface area contributed by atoms with Crippen molar-refractivity contribution in [3.63, 3.8) is 0 Å². The van der Waals surface area contributed by atoms with Crippen molar-refractivity contribution >= 4 is 17.2 Å². The molecule has 152 valence electrons. The van der Waals surface area contributed by atoms with Gasteiger partial charge in [0, 0.05) is 17.5 Å². The van der Waals surface area contributed by atoms with Crippen LogP contribution in [0.25, 0.3) is 10.4 Å². The Morgan fingerprint density at radius 2 is 1.69 bits per heavy atom. The minimum Gasteiger partial charge on any atom is -0.497 e. The van der Waals surface area contributed by atoms with Gasteiger partial charge in [0.1, 0.15) is 11.5 Å². The highest BCUT2D eigenvalue weighted by Gasteiger charge is 2.30. The number of halogens is 3. The van der Waals surface area contributed by atoms with Gasteiger partial charge in [-0.25, -0.2) is 0 Å². The van der Waals surface area contributed by atoms with E-state index in [4.69, 9.17) is 9.47 Å². The summed E-state index contributed by atoms with van der Waals surface area (Å²) in [6.07, 6.45) is -4.41. The van der Waals surface area contributed by atoms with Gasteiger partial charge < -0.3 is 14.8 Å². The molecule has 1 aromatic heterocycles. The average Bonchev–Trinajstić information content (AvgIpc) is 3.21. The predicted octanol–water partition coefficient (Wildman–Crippen LogP) is 5.38. The number of methoxy groups -OCH3 is 2. The number of carbonyl (C=O) groups excluding carboxylic acids is 1. The average molecular weight is 421 g/mol. The minimum atomic E-state index is -4.41. The van der Waals surface area contributed by atoms with E-state index in [9.17, 15) is 18.0 Å². The first kappa shape index (κ1) is 20.7. The molecule has 1 N–H and O–H groups in total. The second kappa shape index (κ2) is 8.57. The first-order chi connectivity index (χ1) is 13.8. The van der Waals surface area contributed by atoms with Crippen LogP contribution in [0, 0.1) is 0 Å². The number of thiophene rings is 1. The van der Waals surface area contributed by atoms with Gasteiger partial charge in [-0.1, -0.05) is 12.1 Å². The maximum atomic E-state index is 12.9. The van der Waals surface area contributed by atoms with Crippen molar-refractivity contribution in [3.8, 4) is 21.9 Å². The molecular formula is C21H18F3NO3S. The summed E-state index contributed by atoms with van der Waals surface area (Å²) >= 11 is 1.14. The third-order valence-corrected chi connectivity index (χ3v) is 5.30. The number of hydrogen-bond donors (Lipinski definition) is 1. The lowest BCUT2D eigenvalue weighted by atomic mass is 10.1. The molecule has 0 atom stereocenters. The highest BCUT2D eigenvalue weighted by atomic mass is 32.1. The first-order valence-electron chi connectivity index (χ1n) is 8.58. The summed E-state index contributed by atoms with van der Waals surface area (Å²) in [5.74, 6) is 0.906. The molecule has 2 aromatic carbocycles. The van der Waals surface area contributed by atoms with Crippen molar-refractivity contribution in [1.29, 1.82) is 0 Å². The van der Waals surface area contributed by atoms with Gasteiger partial charge in [0.25, 0.3) is 5.91 Å². The van der Waals surface area contributed by atoms with Gasteiger partial charge in [-0.05, 0) is 47.5 Å². The van der Waals surface area contributed by atoms with Crippen molar-refractivity contribution in [2.75, 3.05) is 14.2 Å². The van der Waals surface area contributed by atoms with Crippen LogP contribution in [0.4, 0.5) is 13.2 Å². The number of rotatable bonds is 6. The standard InChI is InChI=1S/C21H18F3NO3S/c1-27-16-8-13(9-17(11-16)28-2)12-25-20(26)19-7-6-18(29-19)14-4-3-5-15(10-14)21(22,23)24/h3-11H,12H2,1-2H3,(H,25,26). The van der Waals surface area contributed by atoms with Gasteiger partial charge in [0.05, 0.1) is 24.7 Å². The lowest BCUT2D eigenvalue weighted by Crippen LogP contribution is -2.21. The van der Waals surface area contributed by atoms with E-state index in [0.29, 0.717) is 26.8 Å². The van der Waals surface area contributed by atoms with Crippen LogP contribution in [-0.2, 0) is 12.7 Å². The van der Waals surface area contributed by atoms with Gasteiger partial charge in [-0.15, -0.1) is 11.3 Å². The molecule has 4 nitrogen and oxygen atoms in total. The number of nitrogens with one attached hydrogen (secondary N) is 1. The molecule has 8 heteroatoms. The lowest BCUT2D eigenvalue weighted by molar-refractivity contribution is -0.137. The minimum absolute atomic E-state index is 0.253. The van der Waals surface area contributed by atoms with E-state index < -0.39 is 11.7 Å². The largest absolute Gasteiger partial charge is 0.497 e. The second-order valence-corrected chi connectivity index (χ2v) is 7.23. The smallest absolute Gasteiger partial charge is 0.416 e. The van der Waals surface area contributed by atoms with Crippen LogP contribution in [0.1, 0.15) is 20.8 Å². The fraction of sp³-hybridized carbons (Fsp3) is 0.190. The molecule has 0 aliphatic carbocycles. The Bertz CT molecular complexity index is 992. The van der Waals surface area contributed by atoms with Crippen molar-refractivity contribution in [2.24, 2.45) is 0 Å². The normalized spacial score (nSPS) is 11.2. The van der Waals surface area contributed by atoms with Crippen LogP contribution < -0.4 is 14.8 Å². The van der Waals surface area contributed by atoms with Crippen LogP contribution in [0.5, 0.6) is 11.5 Å². The molecular weight excluding hydrogens is 403 g/mol. The quantitative estimate of drug-likeness (QED) is 0.581. The highest BCUT2D eigenvalue weighted by Crippen LogP contribution is 2.34. The maximum Gasteiger partial charge on any atom is 0.416 e. The molecule has 29 heavy (non-hydrogen) atoms. The van der Waals surface area contributed by atoms with Crippen molar-refractivity contribution in [3.05, 3.63) is 70.6 Å². The molecule has 1 amide bonds. The molecule has 3 aromatic rings. The predicted molar refractivity (Wildman–Crippen MR) is 105 cm³/mol. The van der Waals surface area contributed by atoms with E-state index in [1.165, 1.54) is 20.3 Å². The zero-order valence-electron chi connectivity index (χ0n) is 15.7. The lowest BCUT2D eigenvalue weighted by Gasteiger charge is -2.09. The fourth-order valence-corrected chi connectivity index (χ4v) is 3.62. The van der Waals surface area contributed by atoms with Gasteiger partial charge >= 0.3 is 6.18 Å². The summed E-state index contributed by atoms with van der Waals surface area (Å²) in [5, 5.41) is 2.80. The number of alkyl halides is 3. The molecule has 0 radical (unpaired) electrons. The molecule has 0 aliphatic rings. The van der Waals surface area contributed by atoms with Gasteiger partial charge in [-0.3, -0.25) is 4.79 Å². The third-order valence-electron chi connectivity index (χ3n) is 4.17.